The fourth-order valence-electron chi connectivity index (χ4n) is 2.89. The van der Waals surface area contributed by atoms with Gasteiger partial charge in [0.25, 0.3) is 0 Å². The van der Waals surface area contributed by atoms with Crippen LogP contribution in [0.2, 0.25) is 0 Å². The van der Waals surface area contributed by atoms with E-state index in [4.69, 9.17) is 0 Å². The Morgan fingerprint density at radius 1 is 1.35 bits per heavy atom. The summed E-state index contributed by atoms with van der Waals surface area (Å²) >= 11 is 0. The van der Waals surface area contributed by atoms with Gasteiger partial charge >= 0.3 is 0 Å². The molecule has 1 atom stereocenters. The second kappa shape index (κ2) is 4.81. The summed E-state index contributed by atoms with van der Waals surface area (Å²) in [6.07, 6.45) is 10.8. The number of carbonyl (C=O) groups is 1. The van der Waals surface area contributed by atoms with Crippen LogP contribution in [0.1, 0.15) is 44.9 Å². The number of rotatable bonds is 5. The molecule has 1 amide bonds. The summed E-state index contributed by atoms with van der Waals surface area (Å²) in [5.41, 5.74) is 1.57. The Kier molecular flexibility index (Phi) is 3.19. The van der Waals surface area contributed by atoms with Crippen molar-refractivity contribution >= 4 is 5.91 Å². The number of nitrogens with zero attached hydrogens (tertiary/aromatic N) is 1. The number of allylic oxidation sites excluding steroid dienone is 1. The van der Waals surface area contributed by atoms with Gasteiger partial charge in [0.05, 0.1) is 6.04 Å². The van der Waals surface area contributed by atoms with Gasteiger partial charge in [-0.1, -0.05) is 11.6 Å². The molecule has 1 unspecified atom stereocenters. The summed E-state index contributed by atoms with van der Waals surface area (Å²) in [4.78, 5) is 14.2. The second-order valence-corrected chi connectivity index (χ2v) is 5.61. The van der Waals surface area contributed by atoms with Gasteiger partial charge in [-0.3, -0.25) is 4.79 Å². The fraction of sp³-hybridized carbons (Fsp3) is 0.786. The van der Waals surface area contributed by atoms with Crippen molar-refractivity contribution in [1.29, 1.82) is 0 Å². The highest BCUT2D eigenvalue weighted by Crippen LogP contribution is 2.24. The summed E-state index contributed by atoms with van der Waals surface area (Å²) < 4.78 is 0. The molecule has 0 aromatic rings. The van der Waals surface area contributed by atoms with Crippen LogP contribution < -0.4 is 5.32 Å². The largest absolute Gasteiger partial charge is 0.341 e. The van der Waals surface area contributed by atoms with E-state index in [0.717, 1.165) is 25.9 Å². The molecule has 3 aliphatic rings. The first-order chi connectivity index (χ1) is 8.33. The zero-order valence-electron chi connectivity index (χ0n) is 10.5. The molecule has 1 saturated heterocycles. The lowest BCUT2D eigenvalue weighted by Crippen LogP contribution is -2.39. The molecule has 17 heavy (non-hydrogen) atoms. The molecule has 94 valence electrons. The van der Waals surface area contributed by atoms with Crippen LogP contribution >= 0.6 is 0 Å². The van der Waals surface area contributed by atoms with Crippen LogP contribution in [0.5, 0.6) is 0 Å². The predicted octanol–water partition coefficient (Wildman–Crippen LogP) is 1.84. The molecule has 0 aromatic heterocycles. The summed E-state index contributed by atoms with van der Waals surface area (Å²) in [5.74, 6) is 0.343. The zero-order valence-corrected chi connectivity index (χ0v) is 10.5. The summed E-state index contributed by atoms with van der Waals surface area (Å²) in [7, 11) is 0. The lowest BCUT2D eigenvalue weighted by Gasteiger charge is -2.17. The maximum Gasteiger partial charge on any atom is 0.239 e. The third kappa shape index (κ3) is 2.71. The van der Waals surface area contributed by atoms with Crippen LogP contribution in [0.4, 0.5) is 0 Å². The fourth-order valence-corrected chi connectivity index (χ4v) is 2.89. The van der Waals surface area contributed by atoms with Crippen molar-refractivity contribution < 1.29 is 4.79 Å². The molecular formula is C14H22N2O. The minimum atomic E-state index is 0.125. The third-order valence-electron chi connectivity index (χ3n) is 4.15. The zero-order chi connectivity index (χ0) is 11.7. The van der Waals surface area contributed by atoms with Crippen molar-refractivity contribution in [3.8, 4) is 0 Å². The molecular weight excluding hydrogens is 212 g/mol. The Morgan fingerprint density at radius 2 is 2.24 bits per heavy atom. The van der Waals surface area contributed by atoms with Crippen molar-refractivity contribution in [3.63, 3.8) is 0 Å². The maximum absolute atomic E-state index is 12.1. The van der Waals surface area contributed by atoms with E-state index >= 15 is 0 Å². The molecule has 0 bridgehead atoms. The predicted molar refractivity (Wildman–Crippen MR) is 67.7 cm³/mol. The quantitative estimate of drug-likeness (QED) is 0.736. The Hall–Kier alpha value is -0.830. The first-order valence-corrected chi connectivity index (χ1v) is 7.05. The molecule has 3 heteroatoms. The van der Waals surface area contributed by atoms with Crippen molar-refractivity contribution in [1.82, 2.24) is 10.2 Å². The third-order valence-corrected chi connectivity index (χ3v) is 4.15. The minimum absolute atomic E-state index is 0.125. The molecule has 3 rings (SSSR count). The van der Waals surface area contributed by atoms with Crippen LogP contribution in [0, 0.1) is 0 Å². The van der Waals surface area contributed by atoms with Gasteiger partial charge in [0, 0.05) is 19.1 Å². The highest BCUT2D eigenvalue weighted by Gasteiger charge is 2.35. The van der Waals surface area contributed by atoms with Crippen molar-refractivity contribution in [2.45, 2.75) is 57.0 Å². The van der Waals surface area contributed by atoms with E-state index in [9.17, 15) is 4.79 Å². The number of nitrogens with one attached hydrogen (secondary N) is 1. The second-order valence-electron chi connectivity index (χ2n) is 5.61. The van der Waals surface area contributed by atoms with E-state index in [1.165, 1.54) is 32.1 Å². The van der Waals surface area contributed by atoms with Crippen LogP contribution in [-0.4, -0.2) is 36.0 Å². The van der Waals surface area contributed by atoms with E-state index in [-0.39, 0.29) is 6.04 Å². The highest BCUT2D eigenvalue weighted by molar-refractivity contribution is 5.84. The number of hydrogen-bond acceptors (Lipinski definition) is 2. The standard InChI is InChI=1S/C14H22N2O/c17-14-13(15-12-5-6-12)8-10-16(14)9-7-11-3-1-2-4-11/h3,12-13,15H,1-2,4-10H2. The Labute approximate surface area is 103 Å². The first kappa shape index (κ1) is 11.3. The minimum Gasteiger partial charge on any atom is -0.341 e. The first-order valence-electron chi connectivity index (χ1n) is 7.05. The van der Waals surface area contributed by atoms with Gasteiger partial charge in [-0.15, -0.1) is 0 Å². The van der Waals surface area contributed by atoms with Gasteiger partial charge in [-0.05, 0) is 44.9 Å². The van der Waals surface area contributed by atoms with Gasteiger partial charge in [-0.2, -0.15) is 0 Å². The van der Waals surface area contributed by atoms with Crippen molar-refractivity contribution in [2.24, 2.45) is 0 Å². The molecule has 1 heterocycles. The lowest BCUT2D eigenvalue weighted by molar-refractivity contribution is -0.129. The van der Waals surface area contributed by atoms with Crippen LogP contribution in [0.25, 0.3) is 0 Å². The van der Waals surface area contributed by atoms with E-state index in [1.54, 1.807) is 5.57 Å². The molecule has 2 aliphatic carbocycles. The maximum atomic E-state index is 12.1. The topological polar surface area (TPSA) is 32.3 Å². The molecule has 1 aliphatic heterocycles. The van der Waals surface area contributed by atoms with E-state index in [2.05, 4.69) is 16.3 Å². The Morgan fingerprint density at radius 3 is 2.94 bits per heavy atom. The average Bonchev–Trinajstić information content (AvgIpc) is 2.86. The molecule has 1 saturated carbocycles. The van der Waals surface area contributed by atoms with Gasteiger partial charge in [0.2, 0.25) is 5.91 Å². The van der Waals surface area contributed by atoms with Crippen molar-refractivity contribution in [3.05, 3.63) is 11.6 Å². The number of hydrogen-bond donors (Lipinski definition) is 1. The number of amides is 1. The molecule has 3 nitrogen and oxygen atoms in total. The summed E-state index contributed by atoms with van der Waals surface area (Å²) in [5, 5.41) is 3.45. The van der Waals surface area contributed by atoms with Gasteiger partial charge in [-0.25, -0.2) is 0 Å². The number of likely N-dealkylation sites (tertiary alicyclic amines) is 1. The molecule has 0 radical (unpaired) electrons. The summed E-state index contributed by atoms with van der Waals surface area (Å²) in [6.45, 7) is 1.89. The summed E-state index contributed by atoms with van der Waals surface area (Å²) in [6, 6.07) is 0.765. The average molecular weight is 234 g/mol. The highest BCUT2D eigenvalue weighted by atomic mass is 16.2. The lowest BCUT2D eigenvalue weighted by atomic mass is 10.1. The monoisotopic (exact) mass is 234 g/mol. The van der Waals surface area contributed by atoms with Crippen molar-refractivity contribution in [2.75, 3.05) is 13.1 Å². The Balaban J connectivity index is 1.45. The molecule has 0 spiro atoms. The van der Waals surface area contributed by atoms with Gasteiger partial charge in [0.15, 0.2) is 0 Å². The van der Waals surface area contributed by atoms with E-state index < -0.39 is 0 Å². The smallest absolute Gasteiger partial charge is 0.239 e. The van der Waals surface area contributed by atoms with Gasteiger partial charge in [0.1, 0.15) is 0 Å². The number of carbonyl (C=O) groups excluding carboxylic acids is 1. The molecule has 1 N–H and O–H groups in total. The van der Waals surface area contributed by atoms with Gasteiger partial charge < -0.3 is 10.2 Å². The SMILES string of the molecule is O=C1C(NC2CC2)CCN1CCC1=CCCC1. The van der Waals surface area contributed by atoms with E-state index in [1.807, 2.05) is 0 Å². The van der Waals surface area contributed by atoms with Crippen LogP contribution in [-0.2, 0) is 4.79 Å². The Bertz CT molecular complexity index is 333. The molecule has 2 fully saturated rings. The van der Waals surface area contributed by atoms with Crippen LogP contribution in [0.3, 0.4) is 0 Å². The van der Waals surface area contributed by atoms with E-state index in [0.29, 0.717) is 11.9 Å². The normalized spacial score (nSPS) is 28.9. The molecule has 0 aromatic carbocycles. The van der Waals surface area contributed by atoms with Crippen LogP contribution in [0.15, 0.2) is 11.6 Å².